The van der Waals surface area contributed by atoms with Crippen LogP contribution in [0.4, 0.5) is 0 Å². The topological polar surface area (TPSA) is 42.0 Å². The molecular weight excluding hydrogens is 192 g/mol. The normalized spacial score (nSPS) is 17.6. The van der Waals surface area contributed by atoms with Crippen LogP contribution in [0.15, 0.2) is 24.3 Å². The van der Waals surface area contributed by atoms with Crippen molar-refractivity contribution < 1.29 is 14.6 Å². The maximum atomic E-state index is 8.97. The summed E-state index contributed by atoms with van der Waals surface area (Å²) in [4.78, 5) is 0. The first-order chi connectivity index (χ1) is 7.26. The largest absolute Gasteiger partial charge is 0.508 e. The molecule has 0 saturated carbocycles. The van der Waals surface area contributed by atoms with Crippen LogP contribution in [-0.4, -0.2) is 24.4 Å². The zero-order valence-electron chi connectivity index (χ0n) is 9.27. The third-order valence-electron chi connectivity index (χ3n) is 1.67. The number of benzene rings is 1. The summed E-state index contributed by atoms with van der Waals surface area (Å²) in [5.41, 5.74) is 0. The average molecular weight is 210 g/mol. The summed E-state index contributed by atoms with van der Waals surface area (Å²) in [6.45, 7) is 5.66. The highest BCUT2D eigenvalue weighted by atomic mass is 16.6. The van der Waals surface area contributed by atoms with Crippen molar-refractivity contribution in [1.29, 1.82) is 0 Å². The lowest BCUT2D eigenvalue weighted by Crippen LogP contribution is -2.03. The molecule has 0 bridgehead atoms. The molecule has 1 aliphatic heterocycles. The summed E-state index contributed by atoms with van der Waals surface area (Å²) in [6.07, 6.45) is 1.53. The standard InChI is InChI=1S/C9H10O3.C3H8/c10-7-1-3-8(4-2-7)11-5-9-6-12-9;1-3-2/h1-4,9-10H,5-6H2;3H2,1-2H3. The van der Waals surface area contributed by atoms with Crippen LogP contribution < -0.4 is 4.74 Å². The molecule has 1 unspecified atom stereocenters. The molecule has 1 heterocycles. The first kappa shape index (κ1) is 11.9. The first-order valence-electron chi connectivity index (χ1n) is 5.29. The van der Waals surface area contributed by atoms with E-state index in [1.54, 1.807) is 24.3 Å². The Bertz CT molecular complexity index is 265. The van der Waals surface area contributed by atoms with Gasteiger partial charge >= 0.3 is 0 Å². The average Bonchev–Trinajstić information content (AvgIpc) is 3.02. The maximum absolute atomic E-state index is 8.97. The summed E-state index contributed by atoms with van der Waals surface area (Å²) >= 11 is 0. The fourth-order valence-electron chi connectivity index (χ4n) is 0.896. The summed E-state index contributed by atoms with van der Waals surface area (Å²) in [5, 5.41) is 8.97. The molecule has 15 heavy (non-hydrogen) atoms. The van der Waals surface area contributed by atoms with E-state index in [0.29, 0.717) is 6.61 Å². The van der Waals surface area contributed by atoms with Gasteiger partial charge in [0, 0.05) is 0 Å². The summed E-state index contributed by atoms with van der Waals surface area (Å²) < 4.78 is 10.3. The predicted molar refractivity (Wildman–Crippen MR) is 59.3 cm³/mol. The van der Waals surface area contributed by atoms with Crippen molar-refractivity contribution in [3.8, 4) is 11.5 Å². The third kappa shape index (κ3) is 5.27. The third-order valence-corrected chi connectivity index (χ3v) is 1.67. The summed E-state index contributed by atoms with van der Waals surface area (Å²) in [7, 11) is 0. The monoisotopic (exact) mass is 210 g/mol. The van der Waals surface area contributed by atoms with E-state index in [9.17, 15) is 0 Å². The minimum Gasteiger partial charge on any atom is -0.508 e. The maximum Gasteiger partial charge on any atom is 0.119 e. The number of phenolic OH excluding ortho intramolecular Hbond substituents is 1. The Hall–Kier alpha value is -1.22. The quantitative estimate of drug-likeness (QED) is 0.780. The van der Waals surface area contributed by atoms with Gasteiger partial charge in [-0.05, 0) is 24.3 Å². The number of epoxide rings is 1. The second-order valence-electron chi connectivity index (χ2n) is 3.47. The smallest absolute Gasteiger partial charge is 0.119 e. The summed E-state index contributed by atoms with van der Waals surface area (Å²) in [6, 6.07) is 6.67. The number of aromatic hydroxyl groups is 1. The molecule has 1 fully saturated rings. The molecule has 0 spiro atoms. The predicted octanol–water partition coefficient (Wildman–Crippen LogP) is 2.59. The van der Waals surface area contributed by atoms with E-state index < -0.39 is 0 Å². The van der Waals surface area contributed by atoms with Gasteiger partial charge in [0.2, 0.25) is 0 Å². The number of phenols is 1. The van der Waals surface area contributed by atoms with E-state index in [2.05, 4.69) is 13.8 Å². The van der Waals surface area contributed by atoms with Gasteiger partial charge in [-0.2, -0.15) is 0 Å². The Labute approximate surface area is 90.6 Å². The highest BCUT2D eigenvalue weighted by Crippen LogP contribution is 2.17. The van der Waals surface area contributed by atoms with Crippen LogP contribution in [0.1, 0.15) is 20.3 Å². The van der Waals surface area contributed by atoms with E-state index >= 15 is 0 Å². The number of hydrogen-bond donors (Lipinski definition) is 1. The molecule has 0 aliphatic carbocycles. The minimum absolute atomic E-state index is 0.255. The molecule has 1 aromatic carbocycles. The number of ether oxygens (including phenoxy) is 2. The molecular formula is C12H18O3. The lowest BCUT2D eigenvalue weighted by molar-refractivity contribution is 0.263. The van der Waals surface area contributed by atoms with Crippen LogP contribution in [-0.2, 0) is 4.74 Å². The molecule has 3 nitrogen and oxygen atoms in total. The van der Waals surface area contributed by atoms with Crippen molar-refractivity contribution in [1.82, 2.24) is 0 Å². The van der Waals surface area contributed by atoms with Gasteiger partial charge in [-0.3, -0.25) is 0 Å². The van der Waals surface area contributed by atoms with Crippen LogP contribution in [0, 0.1) is 0 Å². The fraction of sp³-hybridized carbons (Fsp3) is 0.500. The van der Waals surface area contributed by atoms with Crippen LogP contribution in [0.2, 0.25) is 0 Å². The molecule has 1 atom stereocenters. The fourth-order valence-corrected chi connectivity index (χ4v) is 0.896. The minimum atomic E-state index is 0.255. The van der Waals surface area contributed by atoms with E-state index in [1.165, 1.54) is 6.42 Å². The van der Waals surface area contributed by atoms with Crippen LogP contribution in [0.5, 0.6) is 11.5 Å². The second kappa shape index (κ2) is 6.30. The zero-order valence-corrected chi connectivity index (χ0v) is 9.27. The Morgan fingerprint density at radius 1 is 1.33 bits per heavy atom. The van der Waals surface area contributed by atoms with Gasteiger partial charge in [0.25, 0.3) is 0 Å². The molecule has 3 heteroatoms. The van der Waals surface area contributed by atoms with Crippen molar-refractivity contribution in [2.24, 2.45) is 0 Å². The molecule has 1 saturated heterocycles. The van der Waals surface area contributed by atoms with Gasteiger partial charge in [-0.1, -0.05) is 20.3 Å². The Morgan fingerprint density at radius 2 is 1.87 bits per heavy atom. The van der Waals surface area contributed by atoms with Gasteiger partial charge in [-0.15, -0.1) is 0 Å². The molecule has 2 rings (SSSR count). The van der Waals surface area contributed by atoms with Gasteiger partial charge in [0.1, 0.15) is 24.2 Å². The second-order valence-corrected chi connectivity index (χ2v) is 3.47. The highest BCUT2D eigenvalue weighted by Gasteiger charge is 2.22. The van der Waals surface area contributed by atoms with E-state index in [1.807, 2.05) is 0 Å². The Kier molecular flexibility index (Phi) is 4.98. The summed E-state index contributed by atoms with van der Waals surface area (Å²) in [5.74, 6) is 1.02. The van der Waals surface area contributed by atoms with Gasteiger partial charge in [0.15, 0.2) is 0 Å². The first-order valence-corrected chi connectivity index (χ1v) is 5.29. The molecule has 0 amide bonds. The molecule has 0 aromatic heterocycles. The van der Waals surface area contributed by atoms with Gasteiger partial charge in [-0.25, -0.2) is 0 Å². The number of rotatable bonds is 3. The van der Waals surface area contributed by atoms with Crippen LogP contribution in [0.25, 0.3) is 0 Å². The Balaban J connectivity index is 0.000000337. The van der Waals surface area contributed by atoms with Crippen molar-refractivity contribution >= 4 is 0 Å². The molecule has 1 N–H and O–H groups in total. The van der Waals surface area contributed by atoms with E-state index in [4.69, 9.17) is 14.6 Å². The van der Waals surface area contributed by atoms with Crippen molar-refractivity contribution in [3.05, 3.63) is 24.3 Å². The molecule has 1 aliphatic rings. The van der Waals surface area contributed by atoms with Gasteiger partial charge in [0.05, 0.1) is 6.61 Å². The molecule has 0 radical (unpaired) electrons. The Morgan fingerprint density at radius 3 is 2.33 bits per heavy atom. The van der Waals surface area contributed by atoms with E-state index in [0.717, 1.165) is 12.4 Å². The lowest BCUT2D eigenvalue weighted by atomic mass is 10.3. The zero-order chi connectivity index (χ0) is 11.1. The number of hydrogen-bond acceptors (Lipinski definition) is 3. The van der Waals surface area contributed by atoms with Gasteiger partial charge < -0.3 is 14.6 Å². The van der Waals surface area contributed by atoms with Crippen molar-refractivity contribution in [2.45, 2.75) is 26.4 Å². The SMILES string of the molecule is CCC.Oc1ccc(OCC2CO2)cc1. The van der Waals surface area contributed by atoms with Crippen LogP contribution in [0.3, 0.4) is 0 Å². The van der Waals surface area contributed by atoms with Crippen LogP contribution >= 0.6 is 0 Å². The molecule has 1 aromatic rings. The lowest BCUT2D eigenvalue weighted by Gasteiger charge is -2.02. The van der Waals surface area contributed by atoms with Crippen molar-refractivity contribution in [2.75, 3.05) is 13.2 Å². The van der Waals surface area contributed by atoms with E-state index in [-0.39, 0.29) is 11.9 Å². The highest BCUT2D eigenvalue weighted by molar-refractivity contribution is 5.30. The van der Waals surface area contributed by atoms with Crippen molar-refractivity contribution in [3.63, 3.8) is 0 Å². The molecule has 84 valence electrons.